The molecule has 1 unspecified atom stereocenters. The molecule has 1 nitrogen and oxygen atoms in total. The molecule has 0 radical (unpaired) electrons. The van der Waals surface area contributed by atoms with Crippen LogP contribution in [0.15, 0.2) is 0 Å². The molecular weight excluding hydrogens is 158 g/mol. The fraction of sp³-hybridized carbons (Fsp3) is 1.00. The second kappa shape index (κ2) is 6.42. The van der Waals surface area contributed by atoms with E-state index in [1.54, 1.807) is 0 Å². The molecule has 1 heteroatoms. The van der Waals surface area contributed by atoms with E-state index < -0.39 is 0 Å². The predicted molar refractivity (Wildman–Crippen MR) is 59.0 cm³/mol. The molecule has 0 saturated carbocycles. The SMILES string of the molecule is CCCCCN1CCCC(CC)C1. The molecule has 0 N–H and O–H groups in total. The van der Waals surface area contributed by atoms with E-state index in [4.69, 9.17) is 0 Å². The van der Waals surface area contributed by atoms with Crippen molar-refractivity contribution in [3.05, 3.63) is 0 Å². The van der Waals surface area contributed by atoms with Crippen LogP contribution in [0.1, 0.15) is 52.4 Å². The van der Waals surface area contributed by atoms with Gasteiger partial charge in [-0.3, -0.25) is 0 Å². The molecule has 0 bridgehead atoms. The van der Waals surface area contributed by atoms with E-state index in [2.05, 4.69) is 18.7 Å². The Bertz CT molecular complexity index is 122. The van der Waals surface area contributed by atoms with Crippen molar-refractivity contribution in [3.8, 4) is 0 Å². The smallest absolute Gasteiger partial charge is 0.000956 e. The summed E-state index contributed by atoms with van der Waals surface area (Å²) in [5.41, 5.74) is 0. The van der Waals surface area contributed by atoms with Crippen LogP contribution >= 0.6 is 0 Å². The Morgan fingerprint density at radius 3 is 2.77 bits per heavy atom. The average molecular weight is 183 g/mol. The summed E-state index contributed by atoms with van der Waals surface area (Å²) in [7, 11) is 0. The van der Waals surface area contributed by atoms with Gasteiger partial charge in [0.25, 0.3) is 0 Å². The molecule has 1 heterocycles. The molecule has 0 amide bonds. The topological polar surface area (TPSA) is 3.24 Å². The largest absolute Gasteiger partial charge is 0.303 e. The highest BCUT2D eigenvalue weighted by Crippen LogP contribution is 2.19. The van der Waals surface area contributed by atoms with Gasteiger partial charge in [-0.25, -0.2) is 0 Å². The highest BCUT2D eigenvalue weighted by Gasteiger charge is 2.17. The molecule has 78 valence electrons. The molecule has 0 aliphatic carbocycles. The number of hydrogen-bond acceptors (Lipinski definition) is 1. The van der Waals surface area contributed by atoms with Crippen LogP contribution in [0.5, 0.6) is 0 Å². The molecule has 0 aromatic rings. The molecular formula is C12H25N. The second-order valence-corrected chi connectivity index (χ2v) is 4.42. The first-order valence-corrected chi connectivity index (χ1v) is 6.09. The fourth-order valence-corrected chi connectivity index (χ4v) is 2.27. The van der Waals surface area contributed by atoms with Gasteiger partial charge in [0.2, 0.25) is 0 Å². The summed E-state index contributed by atoms with van der Waals surface area (Å²) in [5.74, 6) is 0.996. The van der Waals surface area contributed by atoms with Crippen LogP contribution in [0.25, 0.3) is 0 Å². The minimum absolute atomic E-state index is 0.996. The zero-order chi connectivity index (χ0) is 9.52. The molecule has 1 saturated heterocycles. The summed E-state index contributed by atoms with van der Waals surface area (Å²) in [5, 5.41) is 0. The summed E-state index contributed by atoms with van der Waals surface area (Å²) < 4.78 is 0. The zero-order valence-corrected chi connectivity index (χ0v) is 9.39. The molecule has 1 rings (SSSR count). The van der Waals surface area contributed by atoms with Crippen molar-refractivity contribution in [1.82, 2.24) is 4.90 Å². The standard InChI is InChI=1S/C12H25N/c1-3-5-6-9-13-10-7-8-12(4-2)11-13/h12H,3-11H2,1-2H3. The lowest BCUT2D eigenvalue weighted by molar-refractivity contribution is 0.169. The van der Waals surface area contributed by atoms with Crippen molar-refractivity contribution in [2.24, 2.45) is 5.92 Å². The lowest BCUT2D eigenvalue weighted by atomic mass is 9.95. The molecule has 0 aromatic heterocycles. The normalized spacial score (nSPS) is 24.9. The first kappa shape index (κ1) is 11.0. The van der Waals surface area contributed by atoms with Crippen LogP contribution in [0.2, 0.25) is 0 Å². The van der Waals surface area contributed by atoms with Crippen molar-refractivity contribution < 1.29 is 0 Å². The van der Waals surface area contributed by atoms with Gasteiger partial charge < -0.3 is 4.90 Å². The van der Waals surface area contributed by atoms with Crippen molar-refractivity contribution in [2.75, 3.05) is 19.6 Å². The maximum absolute atomic E-state index is 2.67. The average Bonchev–Trinajstić information content (AvgIpc) is 2.19. The van der Waals surface area contributed by atoms with E-state index in [0.29, 0.717) is 0 Å². The van der Waals surface area contributed by atoms with Gasteiger partial charge in [-0.1, -0.05) is 33.1 Å². The third kappa shape index (κ3) is 4.12. The summed E-state index contributed by atoms with van der Waals surface area (Å²) >= 11 is 0. The van der Waals surface area contributed by atoms with Gasteiger partial charge in [0.05, 0.1) is 0 Å². The molecule has 1 aliphatic heterocycles. The Balaban J connectivity index is 2.11. The molecule has 0 aromatic carbocycles. The highest BCUT2D eigenvalue weighted by atomic mass is 15.1. The molecule has 1 fully saturated rings. The third-order valence-electron chi connectivity index (χ3n) is 3.26. The minimum atomic E-state index is 0.996. The fourth-order valence-electron chi connectivity index (χ4n) is 2.27. The summed E-state index contributed by atoms with van der Waals surface area (Å²) in [6.07, 6.45) is 8.46. The molecule has 0 spiro atoms. The number of rotatable bonds is 5. The Morgan fingerprint density at radius 2 is 2.08 bits per heavy atom. The summed E-state index contributed by atoms with van der Waals surface area (Å²) in [4.78, 5) is 2.67. The Morgan fingerprint density at radius 1 is 1.23 bits per heavy atom. The first-order chi connectivity index (χ1) is 6.36. The van der Waals surface area contributed by atoms with Gasteiger partial charge in [0.1, 0.15) is 0 Å². The molecule has 13 heavy (non-hydrogen) atoms. The van der Waals surface area contributed by atoms with Crippen molar-refractivity contribution >= 4 is 0 Å². The predicted octanol–water partition coefficient (Wildman–Crippen LogP) is 3.30. The lowest BCUT2D eigenvalue weighted by Crippen LogP contribution is -2.35. The maximum atomic E-state index is 2.67. The Labute approximate surface area is 83.5 Å². The van der Waals surface area contributed by atoms with Crippen molar-refractivity contribution in [1.29, 1.82) is 0 Å². The number of likely N-dealkylation sites (tertiary alicyclic amines) is 1. The van der Waals surface area contributed by atoms with E-state index in [1.807, 2.05) is 0 Å². The highest BCUT2D eigenvalue weighted by molar-refractivity contribution is 4.71. The van der Waals surface area contributed by atoms with Gasteiger partial charge in [-0.05, 0) is 38.3 Å². The van der Waals surface area contributed by atoms with Crippen molar-refractivity contribution in [3.63, 3.8) is 0 Å². The van der Waals surface area contributed by atoms with Crippen LogP contribution in [0, 0.1) is 5.92 Å². The first-order valence-electron chi connectivity index (χ1n) is 6.09. The molecule has 1 atom stereocenters. The van der Waals surface area contributed by atoms with Gasteiger partial charge in [0.15, 0.2) is 0 Å². The van der Waals surface area contributed by atoms with Crippen LogP contribution in [-0.4, -0.2) is 24.5 Å². The van der Waals surface area contributed by atoms with Crippen molar-refractivity contribution in [2.45, 2.75) is 52.4 Å². The van der Waals surface area contributed by atoms with Crippen LogP contribution in [0.3, 0.4) is 0 Å². The van der Waals surface area contributed by atoms with Gasteiger partial charge in [-0.15, -0.1) is 0 Å². The van der Waals surface area contributed by atoms with Gasteiger partial charge in [-0.2, -0.15) is 0 Å². The Hall–Kier alpha value is -0.0400. The van der Waals surface area contributed by atoms with E-state index in [1.165, 1.54) is 58.2 Å². The number of piperidine rings is 1. The van der Waals surface area contributed by atoms with E-state index in [0.717, 1.165) is 5.92 Å². The van der Waals surface area contributed by atoms with Crippen LogP contribution < -0.4 is 0 Å². The van der Waals surface area contributed by atoms with Gasteiger partial charge in [0, 0.05) is 6.54 Å². The van der Waals surface area contributed by atoms with E-state index in [-0.39, 0.29) is 0 Å². The Kier molecular flexibility index (Phi) is 5.45. The van der Waals surface area contributed by atoms with Crippen LogP contribution in [-0.2, 0) is 0 Å². The quantitative estimate of drug-likeness (QED) is 0.591. The van der Waals surface area contributed by atoms with E-state index in [9.17, 15) is 0 Å². The summed E-state index contributed by atoms with van der Waals surface area (Å²) in [6.45, 7) is 8.70. The van der Waals surface area contributed by atoms with Gasteiger partial charge >= 0.3 is 0 Å². The number of hydrogen-bond donors (Lipinski definition) is 0. The lowest BCUT2D eigenvalue weighted by Gasteiger charge is -2.32. The molecule has 1 aliphatic rings. The van der Waals surface area contributed by atoms with E-state index >= 15 is 0 Å². The third-order valence-corrected chi connectivity index (χ3v) is 3.26. The minimum Gasteiger partial charge on any atom is -0.303 e. The maximum Gasteiger partial charge on any atom is 0.000956 e. The second-order valence-electron chi connectivity index (χ2n) is 4.42. The zero-order valence-electron chi connectivity index (χ0n) is 9.39. The number of unbranched alkanes of at least 4 members (excludes halogenated alkanes) is 2. The van der Waals surface area contributed by atoms with Crippen LogP contribution in [0.4, 0.5) is 0 Å². The number of nitrogens with zero attached hydrogens (tertiary/aromatic N) is 1. The monoisotopic (exact) mass is 183 g/mol. The summed E-state index contributed by atoms with van der Waals surface area (Å²) in [6, 6.07) is 0.